The summed E-state index contributed by atoms with van der Waals surface area (Å²) in [4.78, 5) is 20.7. The van der Waals surface area contributed by atoms with Crippen molar-refractivity contribution >= 4 is 11.5 Å². The van der Waals surface area contributed by atoms with Crippen LogP contribution in [0.4, 0.5) is 0 Å². The summed E-state index contributed by atoms with van der Waals surface area (Å²) in [7, 11) is 0. The van der Waals surface area contributed by atoms with Crippen LogP contribution >= 0.6 is 0 Å². The lowest BCUT2D eigenvalue weighted by Gasteiger charge is -2.57. The molecule has 1 aromatic heterocycles. The number of aryl methyl sites for hydroxylation is 3. The van der Waals surface area contributed by atoms with Gasteiger partial charge in [-0.15, -0.1) is 0 Å². The molecule has 3 heteroatoms. The molecule has 0 atom stereocenters. The zero-order valence-corrected chi connectivity index (χ0v) is 21.2. The molecule has 6 aliphatic rings. The molecule has 3 nitrogen and oxygen atoms in total. The van der Waals surface area contributed by atoms with Crippen molar-refractivity contribution in [1.82, 2.24) is 9.88 Å². The van der Waals surface area contributed by atoms with Gasteiger partial charge in [0.2, 0.25) is 5.91 Å². The Hall–Kier alpha value is -2.42. The van der Waals surface area contributed by atoms with E-state index in [0.29, 0.717) is 11.3 Å². The van der Waals surface area contributed by atoms with Crippen LogP contribution in [0.2, 0.25) is 0 Å². The van der Waals surface area contributed by atoms with E-state index >= 15 is 0 Å². The number of carbonyl (C=O) groups is 1. The molecule has 35 heavy (non-hydrogen) atoms. The first kappa shape index (κ1) is 21.8. The Balaban J connectivity index is 1.14. The molecule has 4 saturated carbocycles. The standard InChI is InChI=1S/C32H38N2O/c1-21-4-7-28-27(13-21)6-5-26-3-2-10-33-31(26)30(28)25-8-11-34(12-9-25)29(35)20-32-17-22-14-23(18-32)16-24(15-22)19-32/h2-4,7,10,13,22-24H,5-6,8-9,11-12,14-20H2,1H3. The minimum Gasteiger partial charge on any atom is -0.342 e. The van der Waals surface area contributed by atoms with E-state index in [4.69, 9.17) is 4.98 Å². The molecule has 182 valence electrons. The Morgan fingerprint density at radius 1 is 0.943 bits per heavy atom. The highest BCUT2D eigenvalue weighted by molar-refractivity contribution is 5.85. The third-order valence-electron chi connectivity index (χ3n) is 10.1. The van der Waals surface area contributed by atoms with Crippen molar-refractivity contribution in [3.63, 3.8) is 0 Å². The van der Waals surface area contributed by atoms with E-state index in [1.54, 1.807) is 0 Å². The number of fused-ring (bicyclic) bond motifs is 2. The highest BCUT2D eigenvalue weighted by Crippen LogP contribution is 2.61. The van der Waals surface area contributed by atoms with Crippen molar-refractivity contribution in [3.05, 3.63) is 70.0 Å². The van der Waals surface area contributed by atoms with Crippen LogP contribution in [0.5, 0.6) is 0 Å². The van der Waals surface area contributed by atoms with E-state index in [-0.39, 0.29) is 0 Å². The van der Waals surface area contributed by atoms with E-state index < -0.39 is 0 Å². The Bertz CT molecular complexity index is 1160. The van der Waals surface area contributed by atoms with Crippen molar-refractivity contribution in [2.24, 2.45) is 23.2 Å². The molecule has 0 spiro atoms. The predicted octanol–water partition coefficient (Wildman–Crippen LogP) is 6.52. The smallest absolute Gasteiger partial charge is 0.223 e. The average molecular weight is 467 g/mol. The summed E-state index contributed by atoms with van der Waals surface area (Å²) in [5, 5.41) is 0. The van der Waals surface area contributed by atoms with E-state index in [9.17, 15) is 4.79 Å². The molecule has 8 rings (SSSR count). The third-order valence-corrected chi connectivity index (χ3v) is 10.1. The van der Waals surface area contributed by atoms with Crippen LogP contribution < -0.4 is 0 Å². The highest BCUT2D eigenvalue weighted by atomic mass is 16.2. The van der Waals surface area contributed by atoms with Gasteiger partial charge in [-0.05, 0) is 117 Å². The second-order valence-corrected chi connectivity index (χ2v) is 12.6. The maximum Gasteiger partial charge on any atom is 0.223 e. The van der Waals surface area contributed by atoms with Crippen molar-refractivity contribution in [2.45, 2.75) is 77.6 Å². The van der Waals surface area contributed by atoms with Gasteiger partial charge in [-0.3, -0.25) is 9.78 Å². The minimum atomic E-state index is 0.339. The van der Waals surface area contributed by atoms with E-state index in [1.807, 2.05) is 6.20 Å². The van der Waals surface area contributed by atoms with Gasteiger partial charge in [0.15, 0.2) is 0 Å². The number of nitrogens with zero attached hydrogens (tertiary/aromatic N) is 2. The second-order valence-electron chi connectivity index (χ2n) is 12.6. The summed E-state index contributed by atoms with van der Waals surface area (Å²) in [5.74, 6) is 3.18. The predicted molar refractivity (Wildman–Crippen MR) is 140 cm³/mol. The van der Waals surface area contributed by atoms with Gasteiger partial charge in [-0.2, -0.15) is 0 Å². The van der Waals surface area contributed by atoms with Crippen LogP contribution in [-0.4, -0.2) is 28.9 Å². The normalized spacial score (nSPS) is 31.2. The first-order valence-corrected chi connectivity index (χ1v) is 14.1. The van der Waals surface area contributed by atoms with Crippen molar-refractivity contribution in [3.8, 4) is 0 Å². The number of piperidine rings is 1. The lowest BCUT2D eigenvalue weighted by atomic mass is 9.49. The summed E-state index contributed by atoms with van der Waals surface area (Å²) >= 11 is 0. The Kier molecular flexibility index (Phi) is 5.19. The number of amides is 1. The molecule has 5 fully saturated rings. The molecular weight excluding hydrogens is 428 g/mol. The zero-order valence-electron chi connectivity index (χ0n) is 21.2. The van der Waals surface area contributed by atoms with E-state index in [0.717, 1.165) is 62.9 Å². The number of carbonyl (C=O) groups excluding carboxylic acids is 1. The lowest BCUT2D eigenvalue weighted by Crippen LogP contribution is -2.49. The SMILES string of the molecule is Cc1ccc2c(c1)CCc1cccnc1C2=C1CCN(C(=O)CC23CC4CC(CC(C4)C2)C3)CC1. The van der Waals surface area contributed by atoms with Crippen LogP contribution in [0, 0.1) is 30.1 Å². The van der Waals surface area contributed by atoms with Crippen LogP contribution in [0.1, 0.15) is 85.7 Å². The summed E-state index contributed by atoms with van der Waals surface area (Å²) < 4.78 is 0. The summed E-state index contributed by atoms with van der Waals surface area (Å²) in [6.45, 7) is 3.93. The van der Waals surface area contributed by atoms with Gasteiger partial charge < -0.3 is 4.90 Å². The number of likely N-dealkylation sites (tertiary alicyclic amines) is 1. The first-order chi connectivity index (χ1) is 17.1. The van der Waals surface area contributed by atoms with Crippen LogP contribution in [0.15, 0.2) is 42.1 Å². The van der Waals surface area contributed by atoms with Gasteiger partial charge in [0.1, 0.15) is 0 Å². The Morgan fingerprint density at radius 3 is 2.34 bits per heavy atom. The van der Waals surface area contributed by atoms with Gasteiger partial charge in [0.05, 0.1) is 5.69 Å². The summed E-state index contributed by atoms with van der Waals surface area (Å²) in [6.07, 6.45) is 15.2. The maximum atomic E-state index is 13.6. The van der Waals surface area contributed by atoms with Gasteiger partial charge >= 0.3 is 0 Å². The van der Waals surface area contributed by atoms with Gasteiger partial charge in [-0.25, -0.2) is 0 Å². The average Bonchev–Trinajstić information content (AvgIpc) is 2.99. The molecule has 1 aliphatic heterocycles. The second kappa shape index (κ2) is 8.32. The van der Waals surface area contributed by atoms with Crippen LogP contribution in [0.3, 0.4) is 0 Å². The molecular formula is C32H38N2O. The fraction of sp³-hybridized carbons (Fsp3) is 0.562. The number of benzene rings is 1. The summed E-state index contributed by atoms with van der Waals surface area (Å²) in [6, 6.07) is 11.3. The number of rotatable bonds is 2. The van der Waals surface area contributed by atoms with E-state index in [1.165, 1.54) is 77.6 Å². The maximum absolute atomic E-state index is 13.6. The quantitative estimate of drug-likeness (QED) is 0.505. The largest absolute Gasteiger partial charge is 0.342 e. The first-order valence-electron chi connectivity index (χ1n) is 14.1. The number of aromatic nitrogens is 1. The molecule has 1 amide bonds. The molecule has 5 aliphatic carbocycles. The Morgan fingerprint density at radius 2 is 1.63 bits per heavy atom. The third kappa shape index (κ3) is 3.86. The molecule has 4 bridgehead atoms. The molecule has 2 heterocycles. The Labute approximate surface area is 210 Å². The molecule has 1 saturated heterocycles. The highest BCUT2D eigenvalue weighted by Gasteiger charge is 2.51. The fourth-order valence-corrected chi connectivity index (χ4v) is 9.01. The van der Waals surface area contributed by atoms with Crippen LogP contribution in [0.25, 0.3) is 5.57 Å². The molecule has 0 radical (unpaired) electrons. The number of hydrogen-bond donors (Lipinski definition) is 0. The number of hydrogen-bond acceptors (Lipinski definition) is 2. The monoisotopic (exact) mass is 466 g/mol. The molecule has 1 aromatic carbocycles. The van der Waals surface area contributed by atoms with Crippen molar-refractivity contribution < 1.29 is 4.79 Å². The van der Waals surface area contributed by atoms with Gasteiger partial charge in [0, 0.05) is 31.3 Å². The van der Waals surface area contributed by atoms with E-state index in [2.05, 4.69) is 42.2 Å². The van der Waals surface area contributed by atoms with Crippen LogP contribution in [-0.2, 0) is 17.6 Å². The van der Waals surface area contributed by atoms with Crippen molar-refractivity contribution in [1.29, 1.82) is 0 Å². The topological polar surface area (TPSA) is 33.2 Å². The fourth-order valence-electron chi connectivity index (χ4n) is 9.01. The van der Waals surface area contributed by atoms with Gasteiger partial charge in [0.25, 0.3) is 0 Å². The zero-order chi connectivity index (χ0) is 23.6. The molecule has 0 unspecified atom stereocenters. The van der Waals surface area contributed by atoms with Gasteiger partial charge in [-0.1, -0.05) is 35.4 Å². The summed E-state index contributed by atoms with van der Waals surface area (Å²) in [5.41, 5.74) is 9.89. The minimum absolute atomic E-state index is 0.339. The lowest BCUT2D eigenvalue weighted by molar-refractivity contribution is -0.140. The molecule has 2 aromatic rings. The molecule has 0 N–H and O–H groups in total. The number of pyridine rings is 1. The van der Waals surface area contributed by atoms with Crippen molar-refractivity contribution in [2.75, 3.05) is 13.1 Å².